The molecular formula is C46H53F3N8O5S. The number of carbonyl (C=O) groups is 2. The Bertz CT molecular complexity index is 2560. The monoisotopic (exact) mass is 886 g/mol. The Labute approximate surface area is 365 Å². The van der Waals surface area contributed by atoms with Crippen LogP contribution in [0.15, 0.2) is 73.3 Å². The zero-order valence-electron chi connectivity index (χ0n) is 35.7. The fourth-order valence-corrected chi connectivity index (χ4v) is 10.3. The Balaban J connectivity index is 0.865. The van der Waals surface area contributed by atoms with E-state index in [0.29, 0.717) is 29.1 Å². The topological polar surface area (TPSA) is 144 Å². The molecule has 3 aromatic heterocycles. The molecule has 63 heavy (non-hydrogen) atoms. The molecule has 0 bridgehead atoms. The summed E-state index contributed by atoms with van der Waals surface area (Å²) in [6.45, 7) is 12.4. The van der Waals surface area contributed by atoms with Crippen LogP contribution >= 0.6 is 0 Å². The number of anilines is 3. The average molecular weight is 887 g/mol. The Hall–Kier alpha value is -5.52. The van der Waals surface area contributed by atoms with Crippen molar-refractivity contribution < 1.29 is 35.9 Å². The van der Waals surface area contributed by atoms with Gasteiger partial charge in [-0.25, -0.2) is 18.2 Å². The maximum absolute atomic E-state index is 15.8. The lowest BCUT2D eigenvalue weighted by molar-refractivity contribution is -0.146. The Morgan fingerprint density at radius 1 is 0.889 bits per heavy atom. The number of piperazine rings is 1. The molecule has 0 saturated carbocycles. The number of piperidine rings is 1. The van der Waals surface area contributed by atoms with Crippen molar-refractivity contribution in [1.82, 2.24) is 24.2 Å². The predicted molar refractivity (Wildman–Crippen MR) is 237 cm³/mol. The van der Waals surface area contributed by atoms with Gasteiger partial charge in [-0.05, 0) is 85.5 Å². The summed E-state index contributed by atoms with van der Waals surface area (Å²) in [7, 11) is -4.35. The SMILES string of the molecule is CCOC(=O)C(c1cncc(N2CCN(CC3CCN(c4ccc(-c5cnc6[nH]cc(C(=O)c7c(F)ccc(NS(=O)(=O)N8CC[C@@H](F)C8)c7F)c6c5)cc4)CC3)CC2)c1)C(C)C. The Morgan fingerprint density at radius 3 is 2.30 bits per heavy atom. The number of pyridine rings is 2. The van der Waals surface area contributed by atoms with Gasteiger partial charge in [0.2, 0.25) is 5.78 Å². The van der Waals surface area contributed by atoms with Gasteiger partial charge in [0.1, 0.15) is 17.6 Å². The predicted octanol–water partition coefficient (Wildman–Crippen LogP) is 7.18. The number of hydrogen-bond donors (Lipinski definition) is 2. The Morgan fingerprint density at radius 2 is 1.62 bits per heavy atom. The third-order valence-electron chi connectivity index (χ3n) is 12.5. The summed E-state index contributed by atoms with van der Waals surface area (Å²) >= 11 is 0. The van der Waals surface area contributed by atoms with Gasteiger partial charge in [-0.15, -0.1) is 0 Å². The largest absolute Gasteiger partial charge is 0.466 e. The number of rotatable bonds is 14. The molecule has 3 fully saturated rings. The maximum Gasteiger partial charge on any atom is 0.313 e. The van der Waals surface area contributed by atoms with E-state index in [1.807, 2.05) is 43.8 Å². The van der Waals surface area contributed by atoms with Crippen LogP contribution in [0.5, 0.6) is 0 Å². The number of carbonyl (C=O) groups excluding carboxylic acids is 2. The number of H-pyrrole nitrogens is 1. The molecule has 3 aliphatic heterocycles. The van der Waals surface area contributed by atoms with Crippen LogP contribution in [-0.4, -0.2) is 116 Å². The number of halogens is 3. The van der Waals surface area contributed by atoms with Crippen LogP contribution in [0.2, 0.25) is 0 Å². The van der Waals surface area contributed by atoms with Crippen LogP contribution in [0.4, 0.5) is 30.2 Å². The highest BCUT2D eigenvalue weighted by atomic mass is 32.2. The van der Waals surface area contributed by atoms with Crippen molar-refractivity contribution >= 4 is 50.1 Å². The molecule has 3 aliphatic rings. The molecular weight excluding hydrogens is 834 g/mol. The highest BCUT2D eigenvalue weighted by molar-refractivity contribution is 7.90. The number of ether oxygens (including phenoxy) is 1. The summed E-state index contributed by atoms with van der Waals surface area (Å²) in [4.78, 5) is 45.6. The molecule has 17 heteroatoms. The van der Waals surface area contributed by atoms with Gasteiger partial charge in [-0.2, -0.15) is 12.7 Å². The molecule has 6 heterocycles. The molecule has 0 amide bonds. The van der Waals surface area contributed by atoms with E-state index in [9.17, 15) is 22.4 Å². The van der Waals surface area contributed by atoms with E-state index in [0.717, 1.165) is 97.6 Å². The normalized spacial score (nSPS) is 18.6. The third kappa shape index (κ3) is 9.55. The first-order chi connectivity index (χ1) is 30.3. The van der Waals surface area contributed by atoms with Gasteiger partial charge in [-0.1, -0.05) is 26.0 Å². The molecule has 2 atom stereocenters. The second-order valence-corrected chi connectivity index (χ2v) is 18.7. The van der Waals surface area contributed by atoms with Crippen molar-refractivity contribution in [3.8, 4) is 11.1 Å². The van der Waals surface area contributed by atoms with Crippen LogP contribution in [-0.2, 0) is 19.7 Å². The fourth-order valence-electron chi connectivity index (χ4n) is 9.04. The lowest BCUT2D eigenvalue weighted by atomic mass is 9.89. The van der Waals surface area contributed by atoms with E-state index in [2.05, 4.69) is 47.9 Å². The summed E-state index contributed by atoms with van der Waals surface area (Å²) in [6, 6.07) is 13.7. The molecule has 0 spiro atoms. The highest BCUT2D eigenvalue weighted by Crippen LogP contribution is 2.33. The molecule has 3 saturated heterocycles. The summed E-state index contributed by atoms with van der Waals surface area (Å²) in [5.41, 5.74) is 3.33. The first kappa shape index (κ1) is 44.1. The lowest BCUT2D eigenvalue weighted by Crippen LogP contribution is -2.49. The van der Waals surface area contributed by atoms with Crippen molar-refractivity contribution in [1.29, 1.82) is 0 Å². The summed E-state index contributed by atoms with van der Waals surface area (Å²) < 4.78 is 78.4. The second-order valence-electron chi connectivity index (χ2n) is 17.0. The molecule has 13 nitrogen and oxygen atoms in total. The zero-order valence-corrected chi connectivity index (χ0v) is 36.5. The lowest BCUT2D eigenvalue weighted by Gasteiger charge is -2.40. The molecule has 2 aromatic carbocycles. The number of aromatic amines is 1. The van der Waals surface area contributed by atoms with E-state index >= 15 is 8.78 Å². The zero-order chi connectivity index (χ0) is 44.4. The van der Waals surface area contributed by atoms with Crippen LogP contribution in [0.3, 0.4) is 0 Å². The van der Waals surface area contributed by atoms with Crippen LogP contribution in [0, 0.1) is 23.5 Å². The standard InChI is InChI=1S/C46H53F3N8O5S/c1-4-62-46(59)41(29(2)3)33-21-36(25-50-23-33)56-19-17-54(18-20-56)27-30-11-14-55(15-12-30)35-7-5-31(6-8-35)32-22-37-38(26-52-45(37)51-24-32)44(58)42-39(48)9-10-40(43(42)49)53-63(60,61)57-16-13-34(47)28-57/h5-10,21-26,29-30,34,41,53H,4,11-20,27-28H2,1-3H3,(H,51,52)/t34-,41?/m1/s1. The maximum atomic E-state index is 15.8. The van der Waals surface area contributed by atoms with Crippen molar-refractivity contribution in [3.63, 3.8) is 0 Å². The number of benzene rings is 2. The van der Waals surface area contributed by atoms with Gasteiger partial charge >= 0.3 is 16.2 Å². The van der Waals surface area contributed by atoms with Gasteiger partial charge in [-0.3, -0.25) is 24.2 Å². The number of nitrogens with zero attached hydrogens (tertiary/aromatic N) is 6. The number of aromatic nitrogens is 3. The average Bonchev–Trinajstić information content (AvgIpc) is 3.92. The molecule has 8 rings (SSSR count). The number of hydrogen-bond acceptors (Lipinski definition) is 10. The van der Waals surface area contributed by atoms with E-state index in [1.165, 1.54) is 6.20 Å². The van der Waals surface area contributed by atoms with Gasteiger partial charge in [0, 0.05) is 99.7 Å². The smallest absolute Gasteiger partial charge is 0.313 e. The first-order valence-corrected chi connectivity index (χ1v) is 23.1. The third-order valence-corrected chi connectivity index (χ3v) is 14.0. The highest BCUT2D eigenvalue weighted by Gasteiger charge is 2.34. The second kappa shape index (κ2) is 18.7. The minimum absolute atomic E-state index is 0.00964. The van der Waals surface area contributed by atoms with Crippen LogP contribution in [0.1, 0.15) is 67.4 Å². The van der Waals surface area contributed by atoms with Crippen molar-refractivity contribution in [3.05, 3.63) is 102 Å². The molecule has 0 radical (unpaired) electrons. The van der Waals surface area contributed by atoms with Crippen LogP contribution in [0.25, 0.3) is 22.2 Å². The minimum atomic E-state index is -4.35. The van der Waals surface area contributed by atoms with Crippen LogP contribution < -0.4 is 14.5 Å². The van der Waals surface area contributed by atoms with Gasteiger partial charge in [0.05, 0.1) is 35.7 Å². The molecule has 5 aromatic rings. The van der Waals surface area contributed by atoms with E-state index < -0.39 is 45.0 Å². The van der Waals surface area contributed by atoms with Gasteiger partial charge in [0.15, 0.2) is 5.82 Å². The Kier molecular flexibility index (Phi) is 13.1. The summed E-state index contributed by atoms with van der Waals surface area (Å²) in [6.07, 6.45) is 7.48. The van der Waals surface area contributed by atoms with Crippen molar-refractivity contribution in [2.75, 3.05) is 80.0 Å². The van der Waals surface area contributed by atoms with E-state index in [1.54, 1.807) is 18.5 Å². The number of nitrogens with one attached hydrogen (secondary N) is 2. The number of ketones is 1. The first-order valence-electron chi connectivity index (χ1n) is 21.7. The number of alkyl halides is 1. The summed E-state index contributed by atoms with van der Waals surface area (Å²) in [5.74, 6) is -3.38. The summed E-state index contributed by atoms with van der Waals surface area (Å²) in [5, 5.41) is 0.345. The fraction of sp³-hybridized carbons (Fsp3) is 0.435. The minimum Gasteiger partial charge on any atom is -0.466 e. The molecule has 1 unspecified atom stereocenters. The van der Waals surface area contributed by atoms with Crippen molar-refractivity contribution in [2.45, 2.75) is 52.1 Å². The number of fused-ring (bicyclic) bond motifs is 1. The van der Waals surface area contributed by atoms with Gasteiger partial charge < -0.3 is 19.5 Å². The number of esters is 1. The quantitative estimate of drug-likeness (QED) is 0.0870. The molecule has 2 N–H and O–H groups in total. The molecule has 0 aliphatic carbocycles. The molecule has 334 valence electrons. The van der Waals surface area contributed by atoms with Gasteiger partial charge in [0.25, 0.3) is 0 Å². The van der Waals surface area contributed by atoms with E-state index in [-0.39, 0.29) is 42.9 Å². The van der Waals surface area contributed by atoms with E-state index in [4.69, 9.17) is 4.74 Å². The van der Waals surface area contributed by atoms with Crippen molar-refractivity contribution in [2.24, 2.45) is 11.8 Å².